The Kier molecular flexibility index (Phi) is 12.1. The Morgan fingerprint density at radius 2 is 1.59 bits per heavy atom. The molecule has 14 nitrogen and oxygen atoms in total. The van der Waals surface area contributed by atoms with Gasteiger partial charge in [-0.1, -0.05) is 72.1 Å². The molecule has 3 amide bonds. The van der Waals surface area contributed by atoms with Crippen molar-refractivity contribution in [3.8, 4) is 11.8 Å². The number of rotatable bonds is 16. The molecule has 3 rings (SSSR count). The number of nitrogens with one attached hydrogen (secondary N) is 3. The van der Waals surface area contributed by atoms with Crippen LogP contribution in [0.5, 0.6) is 11.8 Å². The van der Waals surface area contributed by atoms with Crippen molar-refractivity contribution in [2.45, 2.75) is 71.6 Å². The lowest BCUT2D eigenvalue weighted by atomic mass is 10.0. The number of aliphatic carboxylic acids is 1. The number of Topliss-reactive ketones (excluding diaryl/α,β-unsaturated/α-hetero) is 1. The first-order valence-corrected chi connectivity index (χ1v) is 14.1. The number of aryl methyl sites for hydroxylation is 2. The summed E-state index contributed by atoms with van der Waals surface area (Å²) in [7, 11) is 0. The molecular formula is C30H37N7O7. The fourth-order valence-corrected chi connectivity index (χ4v) is 4.07. The topological polar surface area (TPSA) is 194 Å². The summed E-state index contributed by atoms with van der Waals surface area (Å²) in [6, 6.07) is 12.9. The molecule has 1 aromatic heterocycles. The maximum atomic E-state index is 13.0. The zero-order valence-electron chi connectivity index (χ0n) is 25.0. The van der Waals surface area contributed by atoms with Gasteiger partial charge in [0.2, 0.25) is 17.7 Å². The van der Waals surface area contributed by atoms with Crippen LogP contribution in [0.3, 0.4) is 0 Å². The number of carbonyl (C=O) groups is 5. The third kappa shape index (κ3) is 10.6. The maximum Gasteiger partial charge on any atom is 0.361 e. The van der Waals surface area contributed by atoms with Gasteiger partial charge in [0.05, 0.1) is 6.42 Å². The molecule has 0 aliphatic carbocycles. The van der Waals surface area contributed by atoms with Crippen molar-refractivity contribution in [2.24, 2.45) is 5.92 Å². The van der Waals surface area contributed by atoms with Gasteiger partial charge >= 0.3 is 12.0 Å². The van der Waals surface area contributed by atoms with E-state index in [2.05, 4.69) is 31.4 Å². The molecule has 0 radical (unpaired) electrons. The van der Waals surface area contributed by atoms with E-state index >= 15 is 0 Å². The van der Waals surface area contributed by atoms with Crippen LogP contribution in [0, 0.1) is 12.8 Å². The first-order chi connectivity index (χ1) is 20.9. The molecule has 0 bridgehead atoms. The van der Waals surface area contributed by atoms with E-state index in [9.17, 15) is 29.1 Å². The molecule has 0 saturated heterocycles. The second-order valence-electron chi connectivity index (χ2n) is 10.6. The first-order valence-electron chi connectivity index (χ1n) is 14.1. The molecule has 3 aromatic rings. The van der Waals surface area contributed by atoms with E-state index in [-0.39, 0.29) is 24.3 Å². The molecule has 0 spiro atoms. The third-order valence-electron chi connectivity index (χ3n) is 6.55. The highest BCUT2D eigenvalue weighted by Crippen LogP contribution is 2.17. The van der Waals surface area contributed by atoms with Gasteiger partial charge in [0.15, 0.2) is 5.78 Å². The predicted octanol–water partition coefficient (Wildman–Crippen LogP) is 1.58. The molecule has 0 aliphatic heterocycles. The van der Waals surface area contributed by atoms with Crippen molar-refractivity contribution in [3.63, 3.8) is 0 Å². The number of carbonyl (C=O) groups excluding carboxylic acids is 4. The minimum absolute atomic E-state index is 0.122. The summed E-state index contributed by atoms with van der Waals surface area (Å²) in [5.74, 6) is -3.56. The molecule has 2 aromatic carbocycles. The summed E-state index contributed by atoms with van der Waals surface area (Å²) in [6.07, 6.45) is -0.0312. The van der Waals surface area contributed by atoms with Crippen LogP contribution < -0.4 is 20.7 Å². The normalized spacial score (nSPS) is 12.9. The number of hydrogen-bond acceptors (Lipinski definition) is 9. The molecule has 44 heavy (non-hydrogen) atoms. The Morgan fingerprint density at radius 3 is 2.23 bits per heavy atom. The average molecular weight is 608 g/mol. The molecule has 3 atom stereocenters. The van der Waals surface area contributed by atoms with E-state index in [1.54, 1.807) is 26.0 Å². The van der Waals surface area contributed by atoms with Crippen LogP contribution in [0.25, 0.3) is 0 Å². The van der Waals surface area contributed by atoms with Crippen LogP contribution >= 0.6 is 0 Å². The lowest BCUT2D eigenvalue weighted by Gasteiger charge is -2.25. The highest BCUT2D eigenvalue weighted by Gasteiger charge is 2.30. The van der Waals surface area contributed by atoms with Crippen molar-refractivity contribution in [1.82, 2.24) is 36.2 Å². The van der Waals surface area contributed by atoms with E-state index in [0.29, 0.717) is 12.2 Å². The number of carboxylic acid groups (broad SMARTS) is 1. The van der Waals surface area contributed by atoms with Crippen molar-refractivity contribution < 1.29 is 33.8 Å². The number of hydrogen-bond donors (Lipinski definition) is 4. The lowest BCUT2D eigenvalue weighted by Crippen LogP contribution is -2.56. The zero-order chi connectivity index (χ0) is 32.2. The summed E-state index contributed by atoms with van der Waals surface area (Å²) in [6.45, 7) is 6.32. The summed E-state index contributed by atoms with van der Waals surface area (Å²) in [5, 5.41) is 28.4. The fraction of sp³-hybridized carbons (Fsp3) is 0.400. The number of amides is 3. The van der Waals surface area contributed by atoms with Crippen molar-refractivity contribution in [3.05, 3.63) is 65.7 Å². The Morgan fingerprint density at radius 1 is 0.909 bits per heavy atom. The molecule has 0 aliphatic rings. The minimum atomic E-state index is -1.44. The number of nitrogens with zero attached hydrogens (tertiary/aromatic N) is 4. The predicted molar refractivity (Wildman–Crippen MR) is 157 cm³/mol. The van der Waals surface area contributed by atoms with Crippen molar-refractivity contribution in [1.29, 1.82) is 0 Å². The Balaban J connectivity index is 1.55. The van der Waals surface area contributed by atoms with E-state index in [1.807, 2.05) is 49.4 Å². The van der Waals surface area contributed by atoms with Gasteiger partial charge in [-0.15, -0.1) is 0 Å². The van der Waals surface area contributed by atoms with Gasteiger partial charge in [-0.25, -0.2) is 0 Å². The number of benzene rings is 2. The molecule has 0 saturated carbocycles. The number of ether oxygens (including phenoxy) is 1. The number of aromatic nitrogens is 4. The minimum Gasteiger partial charge on any atom is -0.481 e. The van der Waals surface area contributed by atoms with Crippen LogP contribution in [0.4, 0.5) is 0 Å². The molecule has 234 valence electrons. The zero-order valence-corrected chi connectivity index (χ0v) is 25.0. The quantitative estimate of drug-likeness (QED) is 0.186. The SMILES string of the molecule is Cc1ccc(Oc2nnn(CC(=O)C(CC(=O)O)NC(=O)C(C)NC(=O)C(NC(=O)CCc3ccccc3)C(C)C)n2)cc1. The summed E-state index contributed by atoms with van der Waals surface area (Å²) in [5.41, 5.74) is 2.01. The van der Waals surface area contributed by atoms with Crippen molar-refractivity contribution >= 4 is 29.5 Å². The van der Waals surface area contributed by atoms with Crippen LogP contribution in [0.1, 0.15) is 44.7 Å². The van der Waals surface area contributed by atoms with Crippen LogP contribution in [-0.4, -0.2) is 72.9 Å². The fourth-order valence-electron chi connectivity index (χ4n) is 4.07. The maximum absolute atomic E-state index is 13.0. The summed E-state index contributed by atoms with van der Waals surface area (Å²) >= 11 is 0. The first kappa shape index (κ1) is 33.4. The van der Waals surface area contributed by atoms with Gasteiger partial charge in [-0.2, -0.15) is 4.80 Å². The van der Waals surface area contributed by atoms with Gasteiger partial charge in [0, 0.05) is 6.42 Å². The largest absolute Gasteiger partial charge is 0.481 e. The Hall–Kier alpha value is -5.14. The number of ketones is 1. The van der Waals surface area contributed by atoms with E-state index in [0.717, 1.165) is 15.9 Å². The van der Waals surface area contributed by atoms with Gasteiger partial charge in [0.1, 0.15) is 30.4 Å². The monoisotopic (exact) mass is 607 g/mol. The van der Waals surface area contributed by atoms with Crippen molar-refractivity contribution in [2.75, 3.05) is 0 Å². The standard InChI is InChI=1S/C30H37N7O7/c1-18(2)27(33-25(39)15-12-21-8-6-5-7-9-21)29(43)31-20(4)28(42)32-23(16-26(40)41)24(38)17-37-35-30(34-36-37)44-22-13-10-19(3)11-14-22/h5-11,13-14,18,20,23,27H,12,15-17H2,1-4H3,(H,31,43)(H,32,42)(H,33,39)(H,40,41). The Labute approximate surface area is 254 Å². The third-order valence-corrected chi connectivity index (χ3v) is 6.55. The second-order valence-corrected chi connectivity index (χ2v) is 10.6. The van der Waals surface area contributed by atoms with Gasteiger partial charge in [-0.3, -0.25) is 24.0 Å². The molecule has 0 fully saturated rings. The molecule has 3 unspecified atom stereocenters. The molecule has 4 N–H and O–H groups in total. The van der Waals surface area contributed by atoms with Crippen LogP contribution in [-0.2, 0) is 36.9 Å². The lowest BCUT2D eigenvalue weighted by molar-refractivity contribution is -0.140. The van der Waals surface area contributed by atoms with Gasteiger partial charge in [0.25, 0.3) is 0 Å². The van der Waals surface area contributed by atoms with Gasteiger partial charge < -0.3 is 25.8 Å². The van der Waals surface area contributed by atoms with Crippen LogP contribution in [0.2, 0.25) is 0 Å². The average Bonchev–Trinajstić information content (AvgIpc) is 3.41. The number of carboxylic acids is 1. The van der Waals surface area contributed by atoms with E-state index in [1.165, 1.54) is 6.92 Å². The van der Waals surface area contributed by atoms with E-state index < -0.39 is 54.7 Å². The Bertz CT molecular complexity index is 1440. The molecular weight excluding hydrogens is 570 g/mol. The van der Waals surface area contributed by atoms with E-state index in [4.69, 9.17) is 4.74 Å². The number of tetrazole rings is 1. The highest BCUT2D eigenvalue weighted by molar-refractivity contribution is 5.95. The summed E-state index contributed by atoms with van der Waals surface area (Å²) < 4.78 is 5.50. The summed E-state index contributed by atoms with van der Waals surface area (Å²) in [4.78, 5) is 63.8. The van der Waals surface area contributed by atoms with Crippen LogP contribution in [0.15, 0.2) is 54.6 Å². The molecule has 1 heterocycles. The highest BCUT2D eigenvalue weighted by atomic mass is 16.5. The van der Waals surface area contributed by atoms with Gasteiger partial charge in [-0.05, 0) is 49.1 Å². The molecule has 14 heteroatoms. The smallest absolute Gasteiger partial charge is 0.361 e. The second kappa shape index (κ2) is 15.9.